The van der Waals surface area contributed by atoms with E-state index in [0.29, 0.717) is 30.7 Å². The molecule has 0 spiro atoms. The van der Waals surface area contributed by atoms with Gasteiger partial charge in [-0.1, -0.05) is 191 Å². The Kier molecular flexibility index (Phi) is 28.9. The third kappa shape index (κ3) is 22.0. The quantitative estimate of drug-likeness (QED) is 0.0517. The first-order valence-corrected chi connectivity index (χ1v) is 49.0. The van der Waals surface area contributed by atoms with Crippen molar-refractivity contribution in [1.82, 2.24) is 22.8 Å². The molecule has 0 fully saturated rings. The summed E-state index contributed by atoms with van der Waals surface area (Å²) in [6.07, 6.45) is 25.7. The van der Waals surface area contributed by atoms with Crippen LogP contribution in [0.5, 0.6) is 40.9 Å². The Hall–Kier alpha value is -17.5. The van der Waals surface area contributed by atoms with Crippen molar-refractivity contribution >= 4 is 158 Å². The molecule has 0 atom stereocenters. The molecule has 5 aliphatic rings. The number of aromatic nitrogens is 5. The van der Waals surface area contributed by atoms with Gasteiger partial charge in [0.2, 0.25) is 29.4 Å². The van der Waals surface area contributed by atoms with E-state index in [4.69, 9.17) is 33.9 Å². The molecule has 0 amide bonds. The van der Waals surface area contributed by atoms with E-state index in [9.17, 15) is 25.5 Å². The zero-order valence-electron chi connectivity index (χ0n) is 76.8. The summed E-state index contributed by atoms with van der Waals surface area (Å²) in [6, 6.07) is 97.1. The summed E-state index contributed by atoms with van der Waals surface area (Å²) in [6.45, 7) is 3.27. The lowest BCUT2D eigenvalue weighted by molar-refractivity contribution is 0.403. The zero-order valence-corrected chi connectivity index (χ0v) is 80.8. The van der Waals surface area contributed by atoms with Crippen LogP contribution in [-0.2, 0) is 13.1 Å². The van der Waals surface area contributed by atoms with Crippen molar-refractivity contribution in [2.24, 2.45) is 64.9 Å². The van der Waals surface area contributed by atoms with Crippen LogP contribution in [0.3, 0.4) is 0 Å². The Morgan fingerprint density at radius 2 is 0.676 bits per heavy atom. The van der Waals surface area contributed by atoms with Gasteiger partial charge >= 0.3 is 0 Å². The number of nitrogens with zero attached hydrogens (tertiary/aromatic N) is 18. The number of hydrogen-bond donors (Lipinski definition) is 5. The van der Waals surface area contributed by atoms with Crippen LogP contribution in [0.15, 0.2) is 391 Å². The third-order valence-corrected chi connectivity index (χ3v) is 27.5. The van der Waals surface area contributed by atoms with E-state index in [1.807, 2.05) is 338 Å². The van der Waals surface area contributed by atoms with Gasteiger partial charge in [0.15, 0.2) is 24.0 Å². The van der Waals surface area contributed by atoms with Gasteiger partial charge in [-0.25, -0.2) is 49.9 Å². The monoisotopic (exact) mass is 1960 g/mol. The van der Waals surface area contributed by atoms with Crippen LogP contribution in [0, 0.1) is 0 Å². The number of fused-ring (bicyclic) bond motifs is 5. The number of benzene rings is 12. The predicted octanol–water partition coefficient (Wildman–Crippen LogP) is 16.4. The molecule has 142 heavy (non-hydrogen) atoms. The first-order chi connectivity index (χ1) is 69.7. The van der Waals surface area contributed by atoms with Gasteiger partial charge in [-0.2, -0.15) is 0 Å². The lowest BCUT2D eigenvalue weighted by Gasteiger charge is -2.06. The summed E-state index contributed by atoms with van der Waals surface area (Å²) < 4.78 is 24.9. The fourth-order valence-electron chi connectivity index (χ4n) is 15.3. The number of aromatic hydroxyl groups is 5. The first-order valence-electron chi connectivity index (χ1n) is 45.0. The SMILES string of the molecule is CCCCn1c(O)c(C=c2ccc3c(c2)N=CN=3)sc1=Nc1ccccc1.CN=c1sc(C=c2ccc3c(c2)C=CN=3)c(O)n1-c1ccccc1.COc1ccc(-n2c(O)c(C=c3ccc4c(c3)N=CN=4)sc2=Nc2ccccc2)cc1.COc1ccc(N=c2sc(C=c3ccc4c(c3)C=CN=4)c(O)n2-c2ccccc2)cc1.Oc1c(C=c2ccc3c(c2)N=CN=3)sc(=Nc2ccccc2)n1Cc1ccco1. The lowest BCUT2D eigenvalue weighted by Crippen LogP contribution is -2.14. The predicted molar refractivity (Wildman–Crippen MR) is 564 cm³/mol. The Labute approximate surface area is 831 Å². The Morgan fingerprint density at radius 3 is 1.07 bits per heavy atom. The summed E-state index contributed by atoms with van der Waals surface area (Å²) in [5.41, 5.74) is 10.5. The van der Waals surface area contributed by atoms with Crippen LogP contribution in [-0.4, -0.2) is 88.7 Å². The highest BCUT2D eigenvalue weighted by atomic mass is 32.1. The van der Waals surface area contributed by atoms with Gasteiger partial charge in [0.25, 0.3) is 0 Å². The van der Waals surface area contributed by atoms with E-state index in [-0.39, 0.29) is 29.4 Å². The summed E-state index contributed by atoms with van der Waals surface area (Å²) >= 11 is 7.21. The maximum Gasteiger partial charge on any atom is 0.215 e. The number of rotatable bonds is 19. The second-order valence-electron chi connectivity index (χ2n) is 31.9. The Bertz CT molecular complexity index is 9030. The summed E-state index contributed by atoms with van der Waals surface area (Å²) in [5.74, 6) is 3.15. The number of aliphatic imine (C=N–C) groups is 3. The topological polar surface area (TPSA) is 318 Å². The molecule has 0 aliphatic carbocycles. The standard InChI is InChI=1S/C25H19N3O2S.C24H18N4O2S.C22H16N4O2S.C21H20N4OS.C19H15N3OS/c1-30-21-10-8-19(9-11-21)27-25-28(20-5-3-2-4-6-20)24(29)23(31-25)16-17-7-12-22-18(15-17)13-14-26-22;1-30-19-10-8-18(9-11-19)28-23(29)22(31-24(28)27-17-5-3-2-4-6-17)14-16-7-12-20-21(13-16)26-15-25-20;27-21-20(12-15-8-9-18-19(11-15)24-14-23-18)29-22(25-16-5-2-1-3-6-16)26(21)13-17-7-4-10-28-17;1-2-3-11-25-20(26)19(27-21(25)24-16-7-5-4-6-8-16)13-15-9-10-17-18(12-15)23-14-22-17;1-20-19-22(15-5-3-2-4-6-15)18(23)17(24-19)12-13-7-8-16-14(11-13)9-10-21-16/h2-16,29H,1H3;2-15,29H,1H3;1-12,14,27H,13H2;4-10,12-14,26H,2-3,11H2,1H3;2-12,23H,1H3. The molecule has 5 N–H and O–H groups in total. The van der Waals surface area contributed by atoms with Gasteiger partial charge in [0.1, 0.15) is 36.3 Å². The van der Waals surface area contributed by atoms with E-state index in [0.717, 1.165) is 182 Å². The van der Waals surface area contributed by atoms with Crippen molar-refractivity contribution in [3.8, 4) is 58.0 Å². The van der Waals surface area contributed by atoms with Crippen LogP contribution in [0.4, 0.5) is 39.8 Å². The zero-order chi connectivity index (χ0) is 97.2. The number of unbranched alkanes of at least 4 members (excludes halogenated alkanes) is 1. The molecule has 26 nitrogen and oxygen atoms in total. The molecule has 700 valence electrons. The first kappa shape index (κ1) is 93.5. The van der Waals surface area contributed by atoms with E-state index in [1.165, 1.54) is 56.7 Å². The number of para-hydroxylation sites is 5. The molecule has 11 heterocycles. The minimum Gasteiger partial charge on any atom is -0.497 e. The minimum absolute atomic E-state index is 0.124. The maximum absolute atomic E-state index is 11.1. The van der Waals surface area contributed by atoms with Gasteiger partial charge in [0.05, 0.1) is 135 Å². The molecule has 12 aromatic carbocycles. The fourth-order valence-corrected chi connectivity index (χ4v) is 20.3. The normalized spacial score (nSPS) is 13.6. The molecule has 18 aromatic rings. The summed E-state index contributed by atoms with van der Waals surface area (Å²) in [5, 5.41) is 64.0. The lowest BCUT2D eigenvalue weighted by atomic mass is 10.2. The fraction of sp³-hybridized carbons (Fsp3) is 0.0721. The molecule has 31 heteroatoms. The van der Waals surface area contributed by atoms with Gasteiger partial charge in [-0.05, 0) is 257 Å². The minimum atomic E-state index is 0.124. The third-order valence-electron chi connectivity index (χ3n) is 22.4. The van der Waals surface area contributed by atoms with E-state index in [2.05, 4.69) is 64.0 Å². The largest absolute Gasteiger partial charge is 0.497 e. The van der Waals surface area contributed by atoms with Gasteiger partial charge in [0, 0.05) is 37.1 Å². The van der Waals surface area contributed by atoms with Crippen LogP contribution in [0.25, 0.3) is 59.6 Å². The van der Waals surface area contributed by atoms with Crippen molar-refractivity contribution in [3.05, 3.63) is 440 Å². The van der Waals surface area contributed by atoms with E-state index < -0.39 is 0 Å². The van der Waals surface area contributed by atoms with Crippen molar-refractivity contribution in [2.45, 2.75) is 32.9 Å². The highest BCUT2D eigenvalue weighted by Crippen LogP contribution is 2.32. The highest BCUT2D eigenvalue weighted by molar-refractivity contribution is 7.11. The summed E-state index contributed by atoms with van der Waals surface area (Å²) in [4.78, 5) is 64.5. The van der Waals surface area contributed by atoms with Crippen LogP contribution < -0.4 is 86.4 Å². The van der Waals surface area contributed by atoms with Crippen molar-refractivity contribution in [3.63, 3.8) is 0 Å². The number of ether oxygens (including phenoxy) is 2. The second-order valence-corrected chi connectivity index (χ2v) is 36.9. The number of hydrogen-bond acceptors (Lipinski definition) is 26. The molecule has 0 unspecified atom stereocenters. The molecule has 6 aromatic heterocycles. The molecule has 0 saturated carbocycles. The molecular weight excluding hydrogens is 1870 g/mol. The molecular formula is C111H88N18O8S5. The van der Waals surface area contributed by atoms with Crippen molar-refractivity contribution in [2.75, 3.05) is 21.3 Å². The highest BCUT2D eigenvalue weighted by Gasteiger charge is 2.20. The summed E-state index contributed by atoms with van der Waals surface area (Å²) in [7, 11) is 5.00. The number of thiazole rings is 5. The van der Waals surface area contributed by atoms with Gasteiger partial charge in [-0.15, -0.1) is 0 Å². The Morgan fingerprint density at radius 1 is 0.338 bits per heavy atom. The smallest absolute Gasteiger partial charge is 0.215 e. The van der Waals surface area contributed by atoms with Crippen LogP contribution in [0.2, 0.25) is 0 Å². The molecule has 0 bridgehead atoms. The van der Waals surface area contributed by atoms with Crippen LogP contribution in [0.1, 0.15) is 61.0 Å². The van der Waals surface area contributed by atoms with Crippen molar-refractivity contribution < 1.29 is 39.4 Å². The molecule has 0 radical (unpaired) electrons. The van der Waals surface area contributed by atoms with Crippen LogP contribution >= 0.6 is 56.7 Å². The average molecular weight is 1960 g/mol. The van der Waals surface area contributed by atoms with E-state index >= 15 is 0 Å². The van der Waals surface area contributed by atoms with Gasteiger partial charge < -0.3 is 39.4 Å². The maximum atomic E-state index is 11.1. The second kappa shape index (κ2) is 43.9. The number of furan rings is 1. The molecule has 5 aliphatic heterocycles. The molecule has 23 rings (SSSR count). The number of methoxy groups -OCH3 is 2. The Balaban J connectivity index is 0.000000113. The molecule has 0 saturated heterocycles. The van der Waals surface area contributed by atoms with Gasteiger partial charge in [-0.3, -0.25) is 37.8 Å². The van der Waals surface area contributed by atoms with E-state index in [1.54, 1.807) is 77.2 Å². The average Bonchev–Trinajstić information content (AvgIpc) is 1.67. The van der Waals surface area contributed by atoms with Crippen molar-refractivity contribution in [1.29, 1.82) is 0 Å².